The summed E-state index contributed by atoms with van der Waals surface area (Å²) in [5, 5.41) is 3.42. The monoisotopic (exact) mass is 241 g/mol. The van der Waals surface area contributed by atoms with Gasteiger partial charge in [0, 0.05) is 16.7 Å². The highest BCUT2D eigenvalue weighted by atomic mass is 79.9. The second kappa shape index (κ2) is 5.28. The maximum atomic E-state index is 3.48. The molecule has 0 spiro atoms. The summed E-state index contributed by atoms with van der Waals surface area (Å²) in [4.78, 5) is 0. The van der Waals surface area contributed by atoms with Gasteiger partial charge in [0.05, 0.1) is 0 Å². The fourth-order valence-electron chi connectivity index (χ4n) is 1.29. The van der Waals surface area contributed by atoms with Crippen LogP contribution in [0.25, 0.3) is 0 Å². The molecule has 1 aromatic rings. The fraction of sp³-hybridized carbons (Fsp3) is 0.455. The van der Waals surface area contributed by atoms with Gasteiger partial charge in [-0.05, 0) is 36.6 Å². The Kier molecular flexibility index (Phi) is 4.29. The molecule has 72 valence electrons. The van der Waals surface area contributed by atoms with Crippen molar-refractivity contribution >= 4 is 21.6 Å². The van der Waals surface area contributed by atoms with E-state index in [2.05, 4.69) is 53.3 Å². The molecule has 0 saturated heterocycles. The zero-order valence-electron chi connectivity index (χ0n) is 8.23. The van der Waals surface area contributed by atoms with Gasteiger partial charge in [0.25, 0.3) is 0 Å². The summed E-state index contributed by atoms with van der Waals surface area (Å²) in [5.41, 5.74) is 2.65. The van der Waals surface area contributed by atoms with Gasteiger partial charge >= 0.3 is 0 Å². The van der Waals surface area contributed by atoms with Crippen molar-refractivity contribution in [1.82, 2.24) is 0 Å². The van der Waals surface area contributed by atoms with Crippen LogP contribution in [-0.4, -0.2) is 6.54 Å². The molecule has 0 aliphatic rings. The highest BCUT2D eigenvalue weighted by Crippen LogP contribution is 2.21. The molecule has 0 bridgehead atoms. The summed E-state index contributed by atoms with van der Waals surface area (Å²) >= 11 is 3.48. The SMILES string of the molecule is CCCNc1ccc(Br)cc1CC. The first-order valence-corrected chi connectivity index (χ1v) is 5.59. The number of anilines is 1. The van der Waals surface area contributed by atoms with E-state index in [9.17, 15) is 0 Å². The number of hydrogen-bond donors (Lipinski definition) is 1. The predicted octanol–water partition coefficient (Wildman–Crippen LogP) is 3.83. The second-order valence-corrected chi connectivity index (χ2v) is 4.00. The Labute approximate surface area is 88.7 Å². The fourth-order valence-corrected chi connectivity index (χ4v) is 1.70. The van der Waals surface area contributed by atoms with E-state index in [1.54, 1.807) is 0 Å². The molecule has 0 aliphatic carbocycles. The van der Waals surface area contributed by atoms with Crippen LogP contribution in [0.2, 0.25) is 0 Å². The van der Waals surface area contributed by atoms with Crippen LogP contribution in [0, 0.1) is 0 Å². The minimum Gasteiger partial charge on any atom is -0.385 e. The first-order chi connectivity index (χ1) is 6.27. The molecule has 0 fully saturated rings. The van der Waals surface area contributed by atoms with E-state index < -0.39 is 0 Å². The second-order valence-electron chi connectivity index (χ2n) is 3.08. The molecule has 0 aliphatic heterocycles. The van der Waals surface area contributed by atoms with Crippen LogP contribution >= 0.6 is 15.9 Å². The summed E-state index contributed by atoms with van der Waals surface area (Å²) < 4.78 is 1.16. The van der Waals surface area contributed by atoms with Crippen molar-refractivity contribution in [3.63, 3.8) is 0 Å². The molecule has 13 heavy (non-hydrogen) atoms. The number of halogens is 1. The Bertz CT molecular complexity index is 271. The van der Waals surface area contributed by atoms with E-state index in [-0.39, 0.29) is 0 Å². The van der Waals surface area contributed by atoms with Gasteiger partial charge in [0.1, 0.15) is 0 Å². The van der Waals surface area contributed by atoms with Crippen LogP contribution in [0.1, 0.15) is 25.8 Å². The molecule has 0 atom stereocenters. The number of hydrogen-bond acceptors (Lipinski definition) is 1. The van der Waals surface area contributed by atoms with Crippen LogP contribution in [0.5, 0.6) is 0 Å². The van der Waals surface area contributed by atoms with Gasteiger partial charge in [-0.2, -0.15) is 0 Å². The smallest absolute Gasteiger partial charge is 0.0373 e. The molecular formula is C11H16BrN. The number of rotatable bonds is 4. The normalized spacial score (nSPS) is 10.1. The Morgan fingerprint density at radius 2 is 2.08 bits per heavy atom. The van der Waals surface area contributed by atoms with Crippen molar-refractivity contribution in [3.8, 4) is 0 Å². The summed E-state index contributed by atoms with van der Waals surface area (Å²) in [6.45, 7) is 5.41. The molecule has 0 saturated carbocycles. The average Bonchev–Trinajstić information content (AvgIpc) is 2.16. The largest absolute Gasteiger partial charge is 0.385 e. The van der Waals surface area contributed by atoms with Gasteiger partial charge in [-0.1, -0.05) is 29.8 Å². The Balaban J connectivity index is 2.79. The molecule has 2 heteroatoms. The third-order valence-electron chi connectivity index (χ3n) is 2.01. The van der Waals surface area contributed by atoms with E-state index in [1.165, 1.54) is 17.7 Å². The number of nitrogens with one attached hydrogen (secondary N) is 1. The molecule has 0 heterocycles. The summed E-state index contributed by atoms with van der Waals surface area (Å²) in [6.07, 6.45) is 2.24. The minimum atomic E-state index is 1.05. The van der Waals surface area contributed by atoms with Gasteiger partial charge in [0.2, 0.25) is 0 Å². The molecule has 1 rings (SSSR count). The van der Waals surface area contributed by atoms with Crippen molar-refractivity contribution in [1.29, 1.82) is 0 Å². The first-order valence-electron chi connectivity index (χ1n) is 4.80. The third kappa shape index (κ3) is 3.03. The Morgan fingerprint density at radius 3 is 2.69 bits per heavy atom. The quantitative estimate of drug-likeness (QED) is 0.845. The maximum Gasteiger partial charge on any atom is 0.0373 e. The molecule has 1 aromatic carbocycles. The predicted molar refractivity (Wildman–Crippen MR) is 62.3 cm³/mol. The number of aryl methyl sites for hydroxylation is 1. The highest BCUT2D eigenvalue weighted by molar-refractivity contribution is 9.10. The number of benzene rings is 1. The molecule has 0 unspecified atom stereocenters. The van der Waals surface area contributed by atoms with Crippen molar-refractivity contribution in [2.45, 2.75) is 26.7 Å². The van der Waals surface area contributed by atoms with Crippen molar-refractivity contribution < 1.29 is 0 Å². The lowest BCUT2D eigenvalue weighted by molar-refractivity contribution is 0.972. The van der Waals surface area contributed by atoms with E-state index >= 15 is 0 Å². The summed E-state index contributed by atoms with van der Waals surface area (Å²) in [5.74, 6) is 0. The molecular weight excluding hydrogens is 226 g/mol. The summed E-state index contributed by atoms with van der Waals surface area (Å²) in [7, 11) is 0. The molecule has 1 nitrogen and oxygen atoms in total. The van der Waals surface area contributed by atoms with Crippen LogP contribution < -0.4 is 5.32 Å². The van der Waals surface area contributed by atoms with Crippen LogP contribution in [0.4, 0.5) is 5.69 Å². The van der Waals surface area contributed by atoms with Crippen LogP contribution in [0.3, 0.4) is 0 Å². The van der Waals surface area contributed by atoms with Gasteiger partial charge < -0.3 is 5.32 Å². The van der Waals surface area contributed by atoms with E-state index in [0.717, 1.165) is 17.4 Å². The Hall–Kier alpha value is -0.500. The molecule has 0 aromatic heterocycles. The van der Waals surface area contributed by atoms with E-state index in [1.807, 2.05) is 0 Å². The molecule has 0 amide bonds. The summed E-state index contributed by atoms with van der Waals surface area (Å²) in [6, 6.07) is 6.40. The van der Waals surface area contributed by atoms with Crippen LogP contribution in [-0.2, 0) is 6.42 Å². The lowest BCUT2D eigenvalue weighted by Crippen LogP contribution is -2.02. The lowest BCUT2D eigenvalue weighted by Gasteiger charge is -2.10. The topological polar surface area (TPSA) is 12.0 Å². The van der Waals surface area contributed by atoms with Gasteiger partial charge in [-0.15, -0.1) is 0 Å². The third-order valence-corrected chi connectivity index (χ3v) is 2.51. The highest BCUT2D eigenvalue weighted by Gasteiger charge is 1.99. The van der Waals surface area contributed by atoms with Crippen molar-refractivity contribution in [2.75, 3.05) is 11.9 Å². The van der Waals surface area contributed by atoms with E-state index in [4.69, 9.17) is 0 Å². The zero-order chi connectivity index (χ0) is 9.68. The minimum absolute atomic E-state index is 1.05. The van der Waals surface area contributed by atoms with E-state index in [0.29, 0.717) is 0 Å². The van der Waals surface area contributed by atoms with Crippen molar-refractivity contribution in [2.24, 2.45) is 0 Å². The van der Waals surface area contributed by atoms with Gasteiger partial charge in [-0.25, -0.2) is 0 Å². The average molecular weight is 242 g/mol. The molecule has 1 N–H and O–H groups in total. The standard InChI is InChI=1S/C11H16BrN/c1-3-7-13-11-6-5-10(12)8-9(11)4-2/h5-6,8,13H,3-4,7H2,1-2H3. The lowest BCUT2D eigenvalue weighted by atomic mass is 10.1. The molecule has 0 radical (unpaired) electrons. The van der Waals surface area contributed by atoms with Gasteiger partial charge in [-0.3, -0.25) is 0 Å². The van der Waals surface area contributed by atoms with Crippen LogP contribution in [0.15, 0.2) is 22.7 Å². The maximum absolute atomic E-state index is 3.48. The Morgan fingerprint density at radius 1 is 1.31 bits per heavy atom. The van der Waals surface area contributed by atoms with Crippen molar-refractivity contribution in [3.05, 3.63) is 28.2 Å². The zero-order valence-corrected chi connectivity index (χ0v) is 9.82. The van der Waals surface area contributed by atoms with Gasteiger partial charge in [0.15, 0.2) is 0 Å². The first kappa shape index (κ1) is 10.6.